The minimum absolute atomic E-state index is 0.0504. The van der Waals surface area contributed by atoms with Crippen LogP contribution >= 0.6 is 0 Å². The second-order valence-electron chi connectivity index (χ2n) is 6.41. The minimum atomic E-state index is -3.56. The molecule has 24 heavy (non-hydrogen) atoms. The SMILES string of the molecule is C=C[C@H]1CN(S(=O)(=O)c2ccc(C)cc2)[C@@H](C)C[C@@H]1CC(=O)OC. The summed E-state index contributed by atoms with van der Waals surface area (Å²) in [7, 11) is -2.19. The predicted octanol–water partition coefficient (Wildman–Crippen LogP) is 2.76. The summed E-state index contributed by atoms with van der Waals surface area (Å²) >= 11 is 0. The standard InChI is InChI=1S/C18H25NO4S/c1-5-15-12-19(14(3)10-16(15)11-18(20)23-4)24(21,22)17-8-6-13(2)7-9-17/h5-9,14-16H,1,10-12H2,2-4H3/t14-,15-,16+/m0/s1. The zero-order valence-corrected chi connectivity index (χ0v) is 15.3. The molecule has 0 unspecified atom stereocenters. The number of piperidine rings is 1. The van der Waals surface area contributed by atoms with Crippen molar-refractivity contribution in [3.8, 4) is 0 Å². The lowest BCUT2D eigenvalue weighted by Gasteiger charge is -2.40. The van der Waals surface area contributed by atoms with E-state index in [1.54, 1.807) is 30.3 Å². The maximum atomic E-state index is 13.0. The van der Waals surface area contributed by atoms with Crippen LogP contribution in [-0.4, -0.2) is 38.4 Å². The second-order valence-corrected chi connectivity index (χ2v) is 8.30. The first-order valence-electron chi connectivity index (χ1n) is 8.07. The van der Waals surface area contributed by atoms with Crippen molar-refractivity contribution in [1.29, 1.82) is 0 Å². The zero-order chi connectivity index (χ0) is 17.9. The predicted molar refractivity (Wildman–Crippen MR) is 93.0 cm³/mol. The molecule has 0 radical (unpaired) electrons. The molecule has 2 rings (SSSR count). The Bertz CT molecular complexity index is 696. The molecule has 1 fully saturated rings. The molecular formula is C18H25NO4S. The Morgan fingerprint density at radius 1 is 1.38 bits per heavy atom. The summed E-state index contributed by atoms with van der Waals surface area (Å²) in [6, 6.07) is 6.70. The molecule has 0 spiro atoms. The van der Waals surface area contributed by atoms with Gasteiger partial charge in [-0.3, -0.25) is 4.79 Å². The molecular weight excluding hydrogens is 326 g/mol. The van der Waals surface area contributed by atoms with Gasteiger partial charge in [0.05, 0.1) is 12.0 Å². The number of benzene rings is 1. The van der Waals surface area contributed by atoms with E-state index in [9.17, 15) is 13.2 Å². The van der Waals surface area contributed by atoms with Gasteiger partial charge in [-0.05, 0) is 44.2 Å². The second kappa shape index (κ2) is 7.49. The van der Waals surface area contributed by atoms with Crippen LogP contribution in [0.1, 0.15) is 25.3 Å². The van der Waals surface area contributed by atoms with Gasteiger partial charge in [0.25, 0.3) is 0 Å². The average molecular weight is 351 g/mol. The molecule has 1 aromatic carbocycles. The Labute approximate surface area is 144 Å². The highest BCUT2D eigenvalue weighted by Gasteiger charge is 2.39. The van der Waals surface area contributed by atoms with E-state index in [1.165, 1.54) is 11.4 Å². The molecule has 0 amide bonds. The number of nitrogens with zero attached hydrogens (tertiary/aromatic N) is 1. The van der Waals surface area contributed by atoms with Crippen molar-refractivity contribution < 1.29 is 17.9 Å². The van der Waals surface area contributed by atoms with E-state index < -0.39 is 10.0 Å². The summed E-state index contributed by atoms with van der Waals surface area (Å²) in [4.78, 5) is 11.9. The highest BCUT2D eigenvalue weighted by atomic mass is 32.2. The van der Waals surface area contributed by atoms with Gasteiger partial charge in [-0.2, -0.15) is 4.31 Å². The van der Waals surface area contributed by atoms with Crippen molar-refractivity contribution in [2.24, 2.45) is 11.8 Å². The van der Waals surface area contributed by atoms with E-state index >= 15 is 0 Å². The van der Waals surface area contributed by atoms with Gasteiger partial charge >= 0.3 is 5.97 Å². The number of carbonyl (C=O) groups is 1. The van der Waals surface area contributed by atoms with Crippen molar-refractivity contribution >= 4 is 16.0 Å². The average Bonchev–Trinajstić information content (AvgIpc) is 2.55. The van der Waals surface area contributed by atoms with E-state index in [0.29, 0.717) is 17.9 Å². The summed E-state index contributed by atoms with van der Waals surface area (Å²) in [5, 5.41) is 0. The van der Waals surface area contributed by atoms with Crippen LogP contribution in [0.25, 0.3) is 0 Å². The molecule has 3 atom stereocenters. The first-order valence-corrected chi connectivity index (χ1v) is 9.51. The fourth-order valence-corrected chi connectivity index (χ4v) is 4.93. The Morgan fingerprint density at radius 3 is 2.54 bits per heavy atom. The zero-order valence-electron chi connectivity index (χ0n) is 14.4. The fourth-order valence-electron chi connectivity index (χ4n) is 3.25. The largest absolute Gasteiger partial charge is 0.469 e. The Kier molecular flexibility index (Phi) is 5.83. The third-order valence-electron chi connectivity index (χ3n) is 4.72. The van der Waals surface area contributed by atoms with Crippen LogP contribution < -0.4 is 0 Å². The van der Waals surface area contributed by atoms with Crippen LogP contribution in [0.15, 0.2) is 41.8 Å². The molecule has 0 aliphatic carbocycles. The number of sulfonamides is 1. The van der Waals surface area contributed by atoms with Gasteiger partial charge in [-0.15, -0.1) is 6.58 Å². The van der Waals surface area contributed by atoms with Crippen LogP contribution in [-0.2, 0) is 19.6 Å². The summed E-state index contributed by atoms with van der Waals surface area (Å²) in [6.45, 7) is 7.96. The molecule has 0 aromatic heterocycles. The Balaban J connectivity index is 2.24. The molecule has 1 aliphatic heterocycles. The number of ether oxygens (including phenoxy) is 1. The van der Waals surface area contributed by atoms with E-state index in [-0.39, 0.29) is 30.3 Å². The number of esters is 1. The van der Waals surface area contributed by atoms with Crippen LogP contribution in [0.3, 0.4) is 0 Å². The van der Waals surface area contributed by atoms with Gasteiger partial charge in [0, 0.05) is 19.0 Å². The van der Waals surface area contributed by atoms with Gasteiger partial charge in [0.1, 0.15) is 0 Å². The lowest BCUT2D eigenvalue weighted by molar-refractivity contribution is -0.142. The monoisotopic (exact) mass is 351 g/mol. The summed E-state index contributed by atoms with van der Waals surface area (Å²) < 4.78 is 32.2. The van der Waals surface area contributed by atoms with Crippen molar-refractivity contribution in [1.82, 2.24) is 4.31 Å². The Morgan fingerprint density at radius 2 is 2.00 bits per heavy atom. The summed E-state index contributed by atoms with van der Waals surface area (Å²) in [5.74, 6) is -0.288. The topological polar surface area (TPSA) is 63.7 Å². The highest BCUT2D eigenvalue weighted by molar-refractivity contribution is 7.89. The first-order chi connectivity index (χ1) is 11.3. The van der Waals surface area contributed by atoms with Gasteiger partial charge in [0.15, 0.2) is 0 Å². The van der Waals surface area contributed by atoms with Crippen molar-refractivity contribution in [3.63, 3.8) is 0 Å². The van der Waals surface area contributed by atoms with Crippen LogP contribution in [0, 0.1) is 18.8 Å². The molecule has 1 heterocycles. The van der Waals surface area contributed by atoms with Gasteiger partial charge < -0.3 is 4.74 Å². The van der Waals surface area contributed by atoms with Crippen LogP contribution in [0.4, 0.5) is 0 Å². The van der Waals surface area contributed by atoms with Crippen LogP contribution in [0.2, 0.25) is 0 Å². The number of carbonyl (C=O) groups excluding carboxylic acids is 1. The minimum Gasteiger partial charge on any atom is -0.469 e. The molecule has 1 aliphatic rings. The lowest BCUT2D eigenvalue weighted by Crippen LogP contribution is -2.48. The lowest BCUT2D eigenvalue weighted by atomic mass is 9.81. The molecule has 0 N–H and O–H groups in total. The van der Waals surface area contributed by atoms with E-state index in [2.05, 4.69) is 6.58 Å². The maximum absolute atomic E-state index is 13.0. The molecule has 5 nitrogen and oxygen atoms in total. The first kappa shape index (κ1) is 18.7. The number of methoxy groups -OCH3 is 1. The van der Waals surface area contributed by atoms with Crippen molar-refractivity contribution in [2.75, 3.05) is 13.7 Å². The van der Waals surface area contributed by atoms with Crippen molar-refractivity contribution in [2.45, 2.75) is 37.6 Å². The third kappa shape index (κ3) is 3.87. The highest BCUT2D eigenvalue weighted by Crippen LogP contribution is 2.34. The van der Waals surface area contributed by atoms with Crippen LogP contribution in [0.5, 0.6) is 0 Å². The third-order valence-corrected chi connectivity index (χ3v) is 6.71. The quantitative estimate of drug-likeness (QED) is 0.604. The molecule has 1 aromatic rings. The van der Waals surface area contributed by atoms with E-state index in [1.807, 2.05) is 13.8 Å². The smallest absolute Gasteiger partial charge is 0.305 e. The number of hydrogen-bond acceptors (Lipinski definition) is 4. The van der Waals surface area contributed by atoms with E-state index in [4.69, 9.17) is 4.74 Å². The Hall–Kier alpha value is -1.66. The molecule has 6 heteroatoms. The van der Waals surface area contributed by atoms with E-state index in [0.717, 1.165) is 5.56 Å². The molecule has 0 saturated carbocycles. The molecule has 132 valence electrons. The van der Waals surface area contributed by atoms with Gasteiger partial charge in [0.2, 0.25) is 10.0 Å². The van der Waals surface area contributed by atoms with Crippen molar-refractivity contribution in [3.05, 3.63) is 42.5 Å². The van der Waals surface area contributed by atoms with Gasteiger partial charge in [-0.1, -0.05) is 23.8 Å². The normalized spacial score (nSPS) is 25.2. The van der Waals surface area contributed by atoms with Gasteiger partial charge in [-0.25, -0.2) is 8.42 Å². The number of rotatable bonds is 5. The number of aryl methyl sites for hydroxylation is 1. The summed E-state index contributed by atoms with van der Waals surface area (Å²) in [5.41, 5.74) is 1.02. The molecule has 1 saturated heterocycles. The summed E-state index contributed by atoms with van der Waals surface area (Å²) in [6.07, 6.45) is 2.64. The fraction of sp³-hybridized carbons (Fsp3) is 0.500. The number of hydrogen-bond donors (Lipinski definition) is 0. The maximum Gasteiger partial charge on any atom is 0.305 e. The molecule has 0 bridgehead atoms.